The zero-order valence-corrected chi connectivity index (χ0v) is 10.1. The number of aldehydes is 1. The Morgan fingerprint density at radius 3 is 2.76 bits per heavy atom. The lowest BCUT2D eigenvalue weighted by Gasteiger charge is -2.13. The van der Waals surface area contributed by atoms with Crippen LogP contribution in [0.25, 0.3) is 4.91 Å². The Balaban J connectivity index is 1.98. The van der Waals surface area contributed by atoms with Crippen LogP contribution in [0.15, 0.2) is 54.6 Å². The molecule has 0 saturated heterocycles. The molecule has 1 heterocycles. The third-order valence-corrected chi connectivity index (χ3v) is 4.44. The number of fused-ring (bicyclic) bond motifs is 1. The van der Waals surface area contributed by atoms with Crippen molar-refractivity contribution < 1.29 is 4.79 Å². The lowest BCUT2D eigenvalue weighted by molar-refractivity contribution is 0.112. The summed E-state index contributed by atoms with van der Waals surface area (Å²) in [6, 6.07) is 7.78. The first-order valence-electron chi connectivity index (χ1n) is 5.66. The van der Waals surface area contributed by atoms with Crippen molar-refractivity contribution >= 4 is 23.0 Å². The molecule has 0 saturated carbocycles. The normalized spacial score (nSPS) is 25.5. The molecule has 3 rings (SSSR count). The molecular weight excluding hydrogens is 228 g/mol. The van der Waals surface area contributed by atoms with Gasteiger partial charge in [0.2, 0.25) is 0 Å². The van der Waals surface area contributed by atoms with Crippen molar-refractivity contribution in [2.45, 2.75) is 5.25 Å². The molecular formula is C15H12OS. The molecule has 1 nitrogen and oxygen atoms in total. The highest BCUT2D eigenvalue weighted by atomic mass is 32.2. The number of rotatable bonds is 2. The van der Waals surface area contributed by atoms with E-state index in [1.54, 1.807) is 0 Å². The Kier molecular flexibility index (Phi) is 2.73. The predicted molar refractivity (Wildman–Crippen MR) is 73.0 cm³/mol. The summed E-state index contributed by atoms with van der Waals surface area (Å²) >= 11 is 1.84. The van der Waals surface area contributed by atoms with Crippen LogP contribution in [0.3, 0.4) is 0 Å². The fourth-order valence-electron chi connectivity index (χ4n) is 2.21. The van der Waals surface area contributed by atoms with Crippen LogP contribution < -0.4 is 0 Å². The maximum Gasteiger partial charge on any atom is 0.150 e. The summed E-state index contributed by atoms with van der Waals surface area (Å²) in [6.07, 6.45) is 11.8. The first kappa shape index (κ1) is 10.6. The minimum absolute atomic E-state index is 0.472. The Labute approximate surface area is 105 Å². The zero-order chi connectivity index (χ0) is 11.7. The van der Waals surface area contributed by atoms with E-state index in [0.717, 1.165) is 17.4 Å². The molecule has 0 spiro atoms. The number of carbonyl (C=O) groups excluding carboxylic acids is 1. The molecule has 0 aromatic heterocycles. The highest BCUT2D eigenvalue weighted by molar-refractivity contribution is 8.09. The van der Waals surface area contributed by atoms with Crippen molar-refractivity contribution in [2.75, 3.05) is 0 Å². The number of allylic oxidation sites excluding steroid dienone is 4. The molecule has 1 aliphatic heterocycles. The monoisotopic (exact) mass is 240 g/mol. The molecule has 2 unspecified atom stereocenters. The van der Waals surface area contributed by atoms with Crippen molar-refractivity contribution in [3.05, 3.63) is 65.8 Å². The van der Waals surface area contributed by atoms with Crippen molar-refractivity contribution in [2.24, 2.45) is 5.92 Å². The van der Waals surface area contributed by atoms with Crippen molar-refractivity contribution in [1.82, 2.24) is 0 Å². The van der Waals surface area contributed by atoms with Crippen LogP contribution in [0.2, 0.25) is 0 Å². The predicted octanol–water partition coefficient (Wildman–Crippen LogP) is 3.70. The molecule has 1 aliphatic carbocycles. The molecule has 2 aliphatic rings. The number of benzene rings is 1. The van der Waals surface area contributed by atoms with E-state index in [9.17, 15) is 4.79 Å². The standard InChI is InChI=1S/C15H12OS/c16-10-12-6-1-3-7-13(12)15-9-11-5-2-4-8-14(11)17-15/h1-11,14H. The molecule has 2 heteroatoms. The van der Waals surface area contributed by atoms with Gasteiger partial charge in [-0.3, -0.25) is 4.79 Å². The number of thioether (sulfide) groups is 1. The van der Waals surface area contributed by atoms with Gasteiger partial charge in [0.1, 0.15) is 0 Å². The van der Waals surface area contributed by atoms with Gasteiger partial charge < -0.3 is 0 Å². The lowest BCUT2D eigenvalue weighted by atomic mass is 9.98. The Hall–Kier alpha value is -1.54. The Morgan fingerprint density at radius 2 is 1.94 bits per heavy atom. The van der Waals surface area contributed by atoms with Gasteiger partial charge in [-0.05, 0) is 5.56 Å². The van der Waals surface area contributed by atoms with Crippen LogP contribution in [-0.4, -0.2) is 11.5 Å². The molecule has 0 N–H and O–H groups in total. The maximum absolute atomic E-state index is 11.0. The fraction of sp³-hybridized carbons (Fsp3) is 0.133. The minimum atomic E-state index is 0.472. The zero-order valence-electron chi connectivity index (χ0n) is 9.24. The van der Waals surface area contributed by atoms with Crippen LogP contribution in [0, 0.1) is 5.92 Å². The summed E-state index contributed by atoms with van der Waals surface area (Å²) in [5, 5.41) is 0.495. The van der Waals surface area contributed by atoms with Crippen LogP contribution in [-0.2, 0) is 0 Å². The average Bonchev–Trinajstić information content (AvgIpc) is 2.82. The second-order valence-corrected chi connectivity index (χ2v) is 5.39. The number of hydrogen-bond acceptors (Lipinski definition) is 2. The summed E-state index contributed by atoms with van der Waals surface area (Å²) in [5.74, 6) is 0.472. The van der Waals surface area contributed by atoms with E-state index in [0.29, 0.717) is 11.2 Å². The van der Waals surface area contributed by atoms with E-state index in [4.69, 9.17) is 0 Å². The van der Waals surface area contributed by atoms with Crippen molar-refractivity contribution in [3.8, 4) is 0 Å². The Morgan fingerprint density at radius 1 is 1.12 bits per heavy atom. The van der Waals surface area contributed by atoms with Gasteiger partial charge in [0.05, 0.1) is 0 Å². The number of hydrogen-bond donors (Lipinski definition) is 0. The first-order chi connectivity index (χ1) is 8.38. The van der Waals surface area contributed by atoms with Crippen LogP contribution in [0.4, 0.5) is 0 Å². The van der Waals surface area contributed by atoms with Gasteiger partial charge in [-0.2, -0.15) is 0 Å². The van der Waals surface area contributed by atoms with Gasteiger partial charge in [-0.1, -0.05) is 54.6 Å². The highest BCUT2D eigenvalue weighted by Gasteiger charge is 2.27. The van der Waals surface area contributed by atoms with E-state index >= 15 is 0 Å². The van der Waals surface area contributed by atoms with Crippen LogP contribution >= 0.6 is 11.8 Å². The quantitative estimate of drug-likeness (QED) is 0.733. The van der Waals surface area contributed by atoms with Gasteiger partial charge in [0, 0.05) is 21.6 Å². The van der Waals surface area contributed by atoms with Crippen molar-refractivity contribution in [3.63, 3.8) is 0 Å². The summed E-state index contributed by atoms with van der Waals surface area (Å²) in [6.45, 7) is 0. The van der Waals surface area contributed by atoms with Crippen LogP contribution in [0.1, 0.15) is 15.9 Å². The van der Waals surface area contributed by atoms with Gasteiger partial charge in [0.15, 0.2) is 6.29 Å². The van der Waals surface area contributed by atoms with Gasteiger partial charge in [-0.25, -0.2) is 0 Å². The highest BCUT2D eigenvalue weighted by Crippen LogP contribution is 2.45. The minimum Gasteiger partial charge on any atom is -0.298 e. The SMILES string of the molecule is O=Cc1ccccc1C1=CC2C=CC=CC2S1. The molecule has 1 aromatic rings. The summed E-state index contributed by atoms with van der Waals surface area (Å²) in [7, 11) is 0. The smallest absolute Gasteiger partial charge is 0.150 e. The van der Waals surface area contributed by atoms with Gasteiger partial charge in [0.25, 0.3) is 0 Å². The summed E-state index contributed by atoms with van der Waals surface area (Å²) in [4.78, 5) is 12.3. The largest absolute Gasteiger partial charge is 0.298 e. The van der Waals surface area contributed by atoms with Gasteiger partial charge >= 0.3 is 0 Å². The molecule has 0 amide bonds. The van der Waals surface area contributed by atoms with E-state index in [2.05, 4.69) is 30.4 Å². The maximum atomic E-state index is 11.0. The Bertz CT molecular complexity index is 540. The van der Waals surface area contributed by atoms with E-state index in [1.807, 2.05) is 36.0 Å². The average molecular weight is 240 g/mol. The third-order valence-electron chi connectivity index (χ3n) is 3.08. The number of carbonyl (C=O) groups is 1. The van der Waals surface area contributed by atoms with Crippen molar-refractivity contribution in [1.29, 1.82) is 0 Å². The lowest BCUT2D eigenvalue weighted by Crippen LogP contribution is -2.07. The van der Waals surface area contributed by atoms with Crippen LogP contribution in [0.5, 0.6) is 0 Å². The van der Waals surface area contributed by atoms with E-state index in [1.165, 1.54) is 4.91 Å². The molecule has 17 heavy (non-hydrogen) atoms. The second-order valence-electron chi connectivity index (χ2n) is 4.17. The first-order valence-corrected chi connectivity index (χ1v) is 6.54. The van der Waals surface area contributed by atoms with Gasteiger partial charge in [-0.15, -0.1) is 11.8 Å². The second kappa shape index (κ2) is 4.38. The summed E-state index contributed by atoms with van der Waals surface area (Å²) in [5.41, 5.74) is 1.83. The van der Waals surface area contributed by atoms with E-state index < -0.39 is 0 Å². The fourth-order valence-corrected chi connectivity index (χ4v) is 3.55. The topological polar surface area (TPSA) is 17.1 Å². The molecule has 0 fully saturated rings. The summed E-state index contributed by atoms with van der Waals surface area (Å²) < 4.78 is 0. The molecule has 84 valence electrons. The molecule has 0 radical (unpaired) electrons. The molecule has 1 aromatic carbocycles. The van der Waals surface area contributed by atoms with E-state index in [-0.39, 0.29) is 0 Å². The molecule has 0 bridgehead atoms. The molecule has 2 atom stereocenters. The third kappa shape index (κ3) is 1.89.